The number of rotatable bonds is 6. The van der Waals surface area contributed by atoms with Gasteiger partial charge in [-0.1, -0.05) is 0 Å². The van der Waals surface area contributed by atoms with Gasteiger partial charge in [0.2, 0.25) is 0 Å². The summed E-state index contributed by atoms with van der Waals surface area (Å²) in [5.41, 5.74) is 0.954. The number of carbonyl (C=O) groups is 1. The molecule has 5 heteroatoms. The van der Waals surface area contributed by atoms with Crippen molar-refractivity contribution in [3.63, 3.8) is 0 Å². The second-order valence-electron chi connectivity index (χ2n) is 5.34. The summed E-state index contributed by atoms with van der Waals surface area (Å²) in [5, 5.41) is 9.20. The third-order valence-corrected chi connectivity index (χ3v) is 3.51. The van der Waals surface area contributed by atoms with Crippen LogP contribution in [0.25, 0.3) is 0 Å². The van der Waals surface area contributed by atoms with Gasteiger partial charge in [0.15, 0.2) is 0 Å². The van der Waals surface area contributed by atoms with E-state index < -0.39 is 12.0 Å². The van der Waals surface area contributed by atoms with E-state index in [1.165, 1.54) is 0 Å². The lowest BCUT2D eigenvalue weighted by Crippen LogP contribution is -2.35. The molecule has 1 atom stereocenters. The number of nitrogens with zero attached hydrogens (tertiary/aromatic N) is 2. The first-order valence-corrected chi connectivity index (χ1v) is 6.95. The third kappa shape index (κ3) is 3.63. The van der Waals surface area contributed by atoms with E-state index in [4.69, 9.17) is 4.74 Å². The Kier molecular flexibility index (Phi) is 4.84. The van der Waals surface area contributed by atoms with E-state index in [1.54, 1.807) is 0 Å². The van der Waals surface area contributed by atoms with Crippen molar-refractivity contribution in [2.24, 2.45) is 0 Å². The maximum atomic E-state index is 11.2. The van der Waals surface area contributed by atoms with Crippen LogP contribution in [0.2, 0.25) is 0 Å². The highest BCUT2D eigenvalue weighted by Gasteiger charge is 2.30. The first-order chi connectivity index (χ1) is 9.58. The zero-order valence-corrected chi connectivity index (χ0v) is 12.1. The van der Waals surface area contributed by atoms with Crippen molar-refractivity contribution in [1.29, 1.82) is 0 Å². The number of hydrogen-bond donors (Lipinski definition) is 1. The number of benzene rings is 1. The molecule has 1 N–H and O–H groups in total. The molecule has 0 amide bonds. The molecule has 0 saturated carbocycles. The van der Waals surface area contributed by atoms with Gasteiger partial charge < -0.3 is 19.6 Å². The van der Waals surface area contributed by atoms with Crippen molar-refractivity contribution in [3.8, 4) is 5.75 Å². The smallest absolute Gasteiger partial charge is 0.326 e. The van der Waals surface area contributed by atoms with E-state index in [2.05, 4.69) is 4.90 Å². The standard InChI is InChI=1S/C15H22N2O3/c1-16(2)10-11-20-13-7-5-12(6-8-13)17-9-3-4-14(17)15(18)19/h5-8,14H,3-4,9-11H2,1-2H3,(H,18,19). The van der Waals surface area contributed by atoms with Crippen LogP contribution in [0.5, 0.6) is 5.75 Å². The summed E-state index contributed by atoms with van der Waals surface area (Å²) < 4.78 is 5.63. The maximum Gasteiger partial charge on any atom is 0.326 e. The molecule has 1 aromatic rings. The zero-order valence-electron chi connectivity index (χ0n) is 12.1. The van der Waals surface area contributed by atoms with Crippen LogP contribution in [-0.2, 0) is 4.79 Å². The fraction of sp³-hybridized carbons (Fsp3) is 0.533. The Morgan fingerprint density at radius 1 is 1.40 bits per heavy atom. The van der Waals surface area contributed by atoms with E-state index in [0.717, 1.165) is 37.4 Å². The summed E-state index contributed by atoms with van der Waals surface area (Å²) in [6.45, 7) is 2.32. The number of carboxylic acid groups (broad SMARTS) is 1. The summed E-state index contributed by atoms with van der Waals surface area (Å²) in [6, 6.07) is 7.29. The molecule has 1 aliphatic rings. The van der Waals surface area contributed by atoms with E-state index in [-0.39, 0.29) is 0 Å². The Morgan fingerprint density at radius 3 is 2.70 bits per heavy atom. The Morgan fingerprint density at radius 2 is 2.10 bits per heavy atom. The monoisotopic (exact) mass is 278 g/mol. The third-order valence-electron chi connectivity index (χ3n) is 3.51. The van der Waals surface area contributed by atoms with Gasteiger partial charge in [0, 0.05) is 18.8 Å². The Hall–Kier alpha value is -1.75. The second-order valence-corrected chi connectivity index (χ2v) is 5.34. The van der Waals surface area contributed by atoms with Crippen molar-refractivity contribution in [1.82, 2.24) is 4.90 Å². The summed E-state index contributed by atoms with van der Waals surface area (Å²) in [5.74, 6) is 0.0791. The molecule has 1 aliphatic heterocycles. The summed E-state index contributed by atoms with van der Waals surface area (Å²) >= 11 is 0. The van der Waals surface area contributed by atoms with Gasteiger partial charge >= 0.3 is 5.97 Å². The van der Waals surface area contributed by atoms with Gasteiger partial charge in [0.05, 0.1) is 0 Å². The molecule has 0 spiro atoms. The predicted octanol–water partition coefficient (Wildman–Crippen LogP) is 1.68. The molecule has 0 bridgehead atoms. The fourth-order valence-electron chi connectivity index (χ4n) is 2.41. The van der Waals surface area contributed by atoms with Gasteiger partial charge in [-0.25, -0.2) is 4.79 Å². The van der Waals surface area contributed by atoms with Gasteiger partial charge in [0.1, 0.15) is 18.4 Å². The van der Waals surface area contributed by atoms with Crippen LogP contribution in [0.1, 0.15) is 12.8 Å². The van der Waals surface area contributed by atoms with Crippen LogP contribution in [0.15, 0.2) is 24.3 Å². The maximum absolute atomic E-state index is 11.2. The molecule has 1 fully saturated rings. The average Bonchev–Trinajstić information content (AvgIpc) is 2.88. The normalized spacial score (nSPS) is 18.6. The zero-order chi connectivity index (χ0) is 14.5. The molecule has 0 radical (unpaired) electrons. The highest BCUT2D eigenvalue weighted by Crippen LogP contribution is 2.27. The second kappa shape index (κ2) is 6.61. The molecule has 2 rings (SSSR count). The average molecular weight is 278 g/mol. The van der Waals surface area contributed by atoms with Crippen LogP contribution >= 0.6 is 0 Å². The van der Waals surface area contributed by atoms with Crippen LogP contribution < -0.4 is 9.64 Å². The highest BCUT2D eigenvalue weighted by atomic mass is 16.5. The first-order valence-electron chi connectivity index (χ1n) is 6.95. The minimum atomic E-state index is -0.742. The van der Waals surface area contributed by atoms with Gasteiger partial charge in [-0.05, 0) is 51.2 Å². The van der Waals surface area contributed by atoms with Crippen LogP contribution in [0.3, 0.4) is 0 Å². The topological polar surface area (TPSA) is 53.0 Å². The predicted molar refractivity (Wildman–Crippen MR) is 78.5 cm³/mol. The van der Waals surface area contributed by atoms with E-state index in [0.29, 0.717) is 6.61 Å². The number of hydrogen-bond acceptors (Lipinski definition) is 4. The van der Waals surface area contributed by atoms with Gasteiger partial charge in [-0.15, -0.1) is 0 Å². The van der Waals surface area contributed by atoms with Crippen molar-refractivity contribution in [2.75, 3.05) is 38.7 Å². The minimum absolute atomic E-state index is 0.393. The van der Waals surface area contributed by atoms with Gasteiger partial charge in [-0.3, -0.25) is 0 Å². The lowest BCUT2D eigenvalue weighted by molar-refractivity contribution is -0.138. The largest absolute Gasteiger partial charge is 0.492 e. The summed E-state index contributed by atoms with van der Waals surface area (Å²) in [6.07, 6.45) is 1.65. The summed E-state index contributed by atoms with van der Waals surface area (Å²) in [4.78, 5) is 15.2. The number of anilines is 1. The van der Waals surface area contributed by atoms with E-state index in [1.807, 2.05) is 43.3 Å². The number of likely N-dealkylation sites (N-methyl/N-ethyl adjacent to an activating group) is 1. The molecule has 0 aromatic heterocycles. The Bertz CT molecular complexity index is 445. The van der Waals surface area contributed by atoms with Gasteiger partial charge in [0.25, 0.3) is 0 Å². The molecule has 1 saturated heterocycles. The lowest BCUT2D eigenvalue weighted by Gasteiger charge is -2.23. The number of aliphatic carboxylic acids is 1. The molecule has 0 aliphatic carbocycles. The first kappa shape index (κ1) is 14.7. The van der Waals surface area contributed by atoms with Crippen molar-refractivity contribution in [2.45, 2.75) is 18.9 Å². The van der Waals surface area contributed by atoms with Crippen LogP contribution in [0.4, 0.5) is 5.69 Å². The molecular formula is C15H22N2O3. The highest BCUT2D eigenvalue weighted by molar-refractivity contribution is 5.79. The molecule has 5 nitrogen and oxygen atoms in total. The quantitative estimate of drug-likeness (QED) is 0.858. The fourth-order valence-corrected chi connectivity index (χ4v) is 2.41. The van der Waals surface area contributed by atoms with Gasteiger partial charge in [-0.2, -0.15) is 0 Å². The lowest BCUT2D eigenvalue weighted by atomic mass is 10.2. The van der Waals surface area contributed by atoms with E-state index in [9.17, 15) is 9.90 Å². The van der Waals surface area contributed by atoms with Crippen LogP contribution in [0, 0.1) is 0 Å². The minimum Gasteiger partial charge on any atom is -0.492 e. The number of carboxylic acids is 1. The summed E-state index contributed by atoms with van der Waals surface area (Å²) in [7, 11) is 4.01. The molecule has 110 valence electrons. The van der Waals surface area contributed by atoms with E-state index >= 15 is 0 Å². The Labute approximate surface area is 119 Å². The molecule has 20 heavy (non-hydrogen) atoms. The Balaban J connectivity index is 1.95. The van der Waals surface area contributed by atoms with Crippen molar-refractivity contribution < 1.29 is 14.6 Å². The number of ether oxygens (including phenoxy) is 1. The molecular weight excluding hydrogens is 256 g/mol. The molecule has 1 heterocycles. The SMILES string of the molecule is CN(C)CCOc1ccc(N2CCCC2C(=O)O)cc1. The van der Waals surface area contributed by atoms with Crippen LogP contribution in [-0.4, -0.2) is 55.8 Å². The van der Waals surface area contributed by atoms with Crippen molar-refractivity contribution in [3.05, 3.63) is 24.3 Å². The molecule has 1 unspecified atom stereocenters. The van der Waals surface area contributed by atoms with Crippen molar-refractivity contribution >= 4 is 11.7 Å². The molecule has 1 aromatic carbocycles.